The molecule has 1 aliphatic heterocycles. The summed E-state index contributed by atoms with van der Waals surface area (Å²) in [4.78, 5) is 0. The summed E-state index contributed by atoms with van der Waals surface area (Å²) in [6.07, 6.45) is 2.29. The maximum absolute atomic E-state index is 5.97. The van der Waals surface area contributed by atoms with Gasteiger partial charge in [-0.1, -0.05) is 13.8 Å². The van der Waals surface area contributed by atoms with E-state index in [1.165, 1.54) is 6.42 Å². The Morgan fingerprint density at radius 3 is 2.00 bits per heavy atom. The van der Waals surface area contributed by atoms with Crippen LogP contribution < -0.4 is 5.73 Å². The predicted molar refractivity (Wildman–Crippen MR) is 55.6 cm³/mol. The lowest BCUT2D eigenvalue weighted by molar-refractivity contribution is -0.0916. The molecule has 0 spiro atoms. The summed E-state index contributed by atoms with van der Waals surface area (Å²) in [5.41, 5.74) is 6.34. The van der Waals surface area contributed by atoms with Crippen LogP contribution in [0.15, 0.2) is 0 Å². The molecule has 0 aromatic carbocycles. The van der Waals surface area contributed by atoms with E-state index < -0.39 is 0 Å². The average molecular weight is 185 g/mol. The Balaban J connectivity index is 2.33. The van der Waals surface area contributed by atoms with Crippen LogP contribution in [0.25, 0.3) is 0 Å². The smallest absolute Gasteiger partial charge is 0.0521 e. The number of nitrogens with two attached hydrogens (primary N) is 1. The minimum atomic E-state index is -0.0259. The van der Waals surface area contributed by atoms with Gasteiger partial charge in [0.2, 0.25) is 0 Å². The minimum absolute atomic E-state index is 0.0259. The zero-order valence-electron chi connectivity index (χ0n) is 9.39. The Morgan fingerprint density at radius 2 is 1.69 bits per heavy atom. The number of ether oxygens (including phenoxy) is 1. The van der Waals surface area contributed by atoms with Crippen LogP contribution in [0, 0.1) is 11.3 Å². The molecule has 13 heavy (non-hydrogen) atoms. The molecule has 1 aliphatic rings. The van der Waals surface area contributed by atoms with E-state index >= 15 is 0 Å². The maximum Gasteiger partial charge on any atom is 0.0521 e. The molecule has 0 unspecified atom stereocenters. The molecule has 0 atom stereocenters. The highest BCUT2D eigenvalue weighted by molar-refractivity contribution is 4.85. The second-order valence-electron chi connectivity index (χ2n) is 5.71. The molecule has 0 aliphatic carbocycles. The maximum atomic E-state index is 5.97. The first kappa shape index (κ1) is 11.0. The van der Waals surface area contributed by atoms with Crippen molar-refractivity contribution in [3.63, 3.8) is 0 Å². The minimum Gasteiger partial charge on any atom is -0.381 e. The quantitative estimate of drug-likeness (QED) is 0.728. The van der Waals surface area contributed by atoms with E-state index in [1.807, 2.05) is 0 Å². The van der Waals surface area contributed by atoms with Crippen LogP contribution in [0.2, 0.25) is 0 Å². The lowest BCUT2D eigenvalue weighted by atomic mass is 9.72. The Labute approximate surface area is 81.8 Å². The van der Waals surface area contributed by atoms with Crippen molar-refractivity contribution in [3.05, 3.63) is 0 Å². The summed E-state index contributed by atoms with van der Waals surface area (Å²) in [7, 11) is 0. The van der Waals surface area contributed by atoms with E-state index in [2.05, 4.69) is 27.7 Å². The Kier molecular flexibility index (Phi) is 3.03. The summed E-state index contributed by atoms with van der Waals surface area (Å²) >= 11 is 0. The zero-order chi connectivity index (χ0) is 10.1. The fourth-order valence-electron chi connectivity index (χ4n) is 1.54. The molecule has 78 valence electrons. The third-order valence-corrected chi connectivity index (χ3v) is 3.16. The van der Waals surface area contributed by atoms with Crippen molar-refractivity contribution in [3.8, 4) is 0 Å². The highest BCUT2D eigenvalue weighted by Crippen LogP contribution is 2.37. The van der Waals surface area contributed by atoms with Gasteiger partial charge in [-0.05, 0) is 32.1 Å². The Morgan fingerprint density at radius 1 is 1.15 bits per heavy atom. The molecule has 1 fully saturated rings. The first-order chi connectivity index (χ1) is 5.81. The Bertz CT molecular complexity index is 165. The van der Waals surface area contributed by atoms with Gasteiger partial charge in [-0.3, -0.25) is 0 Å². The standard InChI is InChI=1S/C11H23NO/c1-10(2,9-7-13-8-9)5-6-11(3,4)12/h9H,5-8,12H2,1-4H3. The second-order valence-corrected chi connectivity index (χ2v) is 5.71. The molecule has 0 radical (unpaired) electrons. The number of hydrogen-bond acceptors (Lipinski definition) is 2. The van der Waals surface area contributed by atoms with E-state index in [1.54, 1.807) is 0 Å². The van der Waals surface area contributed by atoms with Crippen LogP contribution in [0.3, 0.4) is 0 Å². The van der Waals surface area contributed by atoms with Crippen LogP contribution in [0.1, 0.15) is 40.5 Å². The topological polar surface area (TPSA) is 35.2 Å². The van der Waals surface area contributed by atoms with Crippen LogP contribution in [-0.4, -0.2) is 18.8 Å². The van der Waals surface area contributed by atoms with Crippen molar-refractivity contribution in [1.82, 2.24) is 0 Å². The summed E-state index contributed by atoms with van der Waals surface area (Å²) in [5.74, 6) is 0.745. The zero-order valence-corrected chi connectivity index (χ0v) is 9.39. The van der Waals surface area contributed by atoms with Crippen LogP contribution in [0.5, 0.6) is 0 Å². The molecule has 2 heteroatoms. The van der Waals surface area contributed by atoms with Gasteiger partial charge in [-0.25, -0.2) is 0 Å². The lowest BCUT2D eigenvalue weighted by Crippen LogP contribution is -2.42. The van der Waals surface area contributed by atoms with Crippen molar-refractivity contribution in [2.24, 2.45) is 17.1 Å². The SMILES string of the molecule is CC(C)(N)CCC(C)(C)C1COC1. The van der Waals surface area contributed by atoms with Gasteiger partial charge in [0.25, 0.3) is 0 Å². The van der Waals surface area contributed by atoms with E-state index in [9.17, 15) is 0 Å². The molecular weight excluding hydrogens is 162 g/mol. The van der Waals surface area contributed by atoms with Crippen molar-refractivity contribution in [1.29, 1.82) is 0 Å². The first-order valence-electron chi connectivity index (χ1n) is 5.18. The molecule has 0 aromatic rings. The van der Waals surface area contributed by atoms with Crippen LogP contribution >= 0.6 is 0 Å². The molecule has 0 saturated carbocycles. The van der Waals surface area contributed by atoms with Gasteiger partial charge in [-0.2, -0.15) is 0 Å². The fourth-order valence-corrected chi connectivity index (χ4v) is 1.54. The fraction of sp³-hybridized carbons (Fsp3) is 1.00. The van der Waals surface area contributed by atoms with Crippen molar-refractivity contribution in [2.75, 3.05) is 13.2 Å². The summed E-state index contributed by atoms with van der Waals surface area (Å²) in [6.45, 7) is 10.7. The highest BCUT2D eigenvalue weighted by atomic mass is 16.5. The van der Waals surface area contributed by atoms with E-state index in [0.717, 1.165) is 25.6 Å². The van der Waals surface area contributed by atoms with Gasteiger partial charge in [-0.15, -0.1) is 0 Å². The second kappa shape index (κ2) is 3.58. The van der Waals surface area contributed by atoms with Gasteiger partial charge in [0.1, 0.15) is 0 Å². The molecule has 1 rings (SSSR count). The Hall–Kier alpha value is -0.0800. The lowest BCUT2D eigenvalue weighted by Gasteiger charge is -2.41. The molecule has 2 N–H and O–H groups in total. The monoisotopic (exact) mass is 185 g/mol. The predicted octanol–water partition coefficient (Wildman–Crippen LogP) is 2.18. The molecule has 0 aromatic heterocycles. The van der Waals surface area contributed by atoms with Crippen molar-refractivity contribution < 1.29 is 4.74 Å². The van der Waals surface area contributed by atoms with Crippen LogP contribution in [0.4, 0.5) is 0 Å². The molecule has 0 bridgehead atoms. The normalized spacial score (nSPS) is 20.1. The van der Waals surface area contributed by atoms with E-state index in [-0.39, 0.29) is 5.54 Å². The van der Waals surface area contributed by atoms with Gasteiger partial charge in [0.05, 0.1) is 13.2 Å². The third kappa shape index (κ3) is 3.28. The van der Waals surface area contributed by atoms with Gasteiger partial charge >= 0.3 is 0 Å². The summed E-state index contributed by atoms with van der Waals surface area (Å²) in [6, 6.07) is 0. The number of rotatable bonds is 4. The summed E-state index contributed by atoms with van der Waals surface area (Å²) < 4.78 is 5.22. The highest BCUT2D eigenvalue weighted by Gasteiger charge is 2.35. The van der Waals surface area contributed by atoms with Gasteiger partial charge < -0.3 is 10.5 Å². The number of hydrogen-bond donors (Lipinski definition) is 1. The molecule has 2 nitrogen and oxygen atoms in total. The molecule has 1 saturated heterocycles. The van der Waals surface area contributed by atoms with Gasteiger partial charge in [0.15, 0.2) is 0 Å². The largest absolute Gasteiger partial charge is 0.381 e. The third-order valence-electron chi connectivity index (χ3n) is 3.16. The van der Waals surface area contributed by atoms with Crippen molar-refractivity contribution >= 4 is 0 Å². The molecular formula is C11H23NO. The summed E-state index contributed by atoms with van der Waals surface area (Å²) in [5, 5.41) is 0. The van der Waals surface area contributed by atoms with Crippen LogP contribution in [-0.2, 0) is 4.74 Å². The molecule has 0 amide bonds. The van der Waals surface area contributed by atoms with Gasteiger partial charge in [0, 0.05) is 11.5 Å². The average Bonchev–Trinajstić information content (AvgIpc) is 1.77. The first-order valence-corrected chi connectivity index (χ1v) is 5.18. The van der Waals surface area contributed by atoms with E-state index in [4.69, 9.17) is 10.5 Å². The van der Waals surface area contributed by atoms with Crippen molar-refractivity contribution in [2.45, 2.75) is 46.1 Å². The molecule has 1 heterocycles. The van der Waals surface area contributed by atoms with E-state index in [0.29, 0.717) is 5.41 Å².